The van der Waals surface area contributed by atoms with E-state index in [1.165, 1.54) is 4.90 Å². The summed E-state index contributed by atoms with van der Waals surface area (Å²) in [5.41, 5.74) is 3.95. The zero-order valence-corrected chi connectivity index (χ0v) is 14.8. The largest absolute Gasteiger partial charge is 0.482 e. The molecule has 0 spiro atoms. The van der Waals surface area contributed by atoms with Gasteiger partial charge in [-0.05, 0) is 48.9 Å². The van der Waals surface area contributed by atoms with Crippen LogP contribution in [0.25, 0.3) is 0 Å². The molecule has 2 aromatic rings. The Balaban J connectivity index is 1.82. The van der Waals surface area contributed by atoms with Crippen LogP contribution < -0.4 is 19.9 Å². The van der Waals surface area contributed by atoms with Crippen molar-refractivity contribution in [3.8, 4) is 5.75 Å². The number of ether oxygens (including phenoxy) is 1. The lowest BCUT2D eigenvalue weighted by atomic mass is 10.1. The first-order chi connectivity index (χ1) is 11.9. The Bertz CT molecular complexity index is 846. The molecular formula is C19H21N3O3. The Morgan fingerprint density at radius 3 is 2.64 bits per heavy atom. The molecule has 1 N–H and O–H groups in total. The van der Waals surface area contributed by atoms with Crippen molar-refractivity contribution in [2.75, 3.05) is 42.9 Å². The maximum Gasteiger partial charge on any atom is 0.264 e. The summed E-state index contributed by atoms with van der Waals surface area (Å²) < 4.78 is 5.39. The maximum absolute atomic E-state index is 12.5. The average molecular weight is 339 g/mol. The van der Waals surface area contributed by atoms with Crippen molar-refractivity contribution in [3.63, 3.8) is 0 Å². The van der Waals surface area contributed by atoms with Crippen LogP contribution in [0.15, 0.2) is 36.4 Å². The Morgan fingerprint density at radius 2 is 1.96 bits per heavy atom. The first-order valence-electron chi connectivity index (χ1n) is 7.99. The van der Waals surface area contributed by atoms with Gasteiger partial charge in [0.25, 0.3) is 11.8 Å². The van der Waals surface area contributed by atoms with E-state index in [1.807, 2.05) is 38.1 Å². The second-order valence-corrected chi connectivity index (χ2v) is 6.27. The molecule has 25 heavy (non-hydrogen) atoms. The highest BCUT2D eigenvalue weighted by atomic mass is 16.5. The minimum atomic E-state index is -0.195. The number of hydrogen-bond donors (Lipinski definition) is 1. The van der Waals surface area contributed by atoms with E-state index in [0.29, 0.717) is 22.7 Å². The minimum Gasteiger partial charge on any atom is -0.482 e. The Hall–Kier alpha value is -3.02. The zero-order valence-electron chi connectivity index (χ0n) is 14.8. The summed E-state index contributed by atoms with van der Waals surface area (Å²) in [5, 5.41) is 2.87. The number of benzene rings is 2. The van der Waals surface area contributed by atoms with Crippen LogP contribution in [0.3, 0.4) is 0 Å². The van der Waals surface area contributed by atoms with E-state index in [4.69, 9.17) is 4.74 Å². The number of carbonyl (C=O) groups is 2. The van der Waals surface area contributed by atoms with Crippen LogP contribution in [0, 0.1) is 6.92 Å². The molecule has 1 heterocycles. The van der Waals surface area contributed by atoms with Gasteiger partial charge in [0, 0.05) is 38.1 Å². The molecule has 1 aliphatic rings. The molecule has 6 heteroatoms. The second-order valence-electron chi connectivity index (χ2n) is 6.27. The third-order valence-electron chi connectivity index (χ3n) is 4.24. The number of likely N-dealkylation sites (N-methyl/N-ethyl adjacent to an activating group) is 1. The molecule has 2 aromatic carbocycles. The first kappa shape index (κ1) is 16.8. The number of amides is 2. The highest BCUT2D eigenvalue weighted by Crippen LogP contribution is 2.33. The van der Waals surface area contributed by atoms with Crippen LogP contribution in [0.1, 0.15) is 15.9 Å². The van der Waals surface area contributed by atoms with Crippen LogP contribution in [0.5, 0.6) is 5.75 Å². The van der Waals surface area contributed by atoms with Crippen molar-refractivity contribution in [3.05, 3.63) is 47.5 Å². The number of hydrogen-bond acceptors (Lipinski definition) is 4. The summed E-state index contributed by atoms with van der Waals surface area (Å²) in [6.45, 7) is 2.01. The summed E-state index contributed by atoms with van der Waals surface area (Å²) in [6, 6.07) is 10.9. The van der Waals surface area contributed by atoms with Gasteiger partial charge in [0.15, 0.2) is 6.61 Å². The summed E-state index contributed by atoms with van der Waals surface area (Å²) >= 11 is 0. The van der Waals surface area contributed by atoms with Gasteiger partial charge >= 0.3 is 0 Å². The summed E-state index contributed by atoms with van der Waals surface area (Å²) in [5.74, 6) is 0.316. The van der Waals surface area contributed by atoms with Crippen LogP contribution in [0.4, 0.5) is 17.1 Å². The van der Waals surface area contributed by atoms with Gasteiger partial charge in [-0.15, -0.1) is 0 Å². The third-order valence-corrected chi connectivity index (χ3v) is 4.24. The summed E-state index contributed by atoms with van der Waals surface area (Å²) in [6.07, 6.45) is 0. The van der Waals surface area contributed by atoms with Gasteiger partial charge in [-0.25, -0.2) is 0 Å². The Morgan fingerprint density at radius 1 is 1.20 bits per heavy atom. The standard InChI is InChI=1S/C19H21N3O3/c1-12-9-13(5-7-15(12)21(2)3)19(24)20-14-6-8-17-16(10-14)22(4)18(23)11-25-17/h5-10H,11H2,1-4H3,(H,20,24). The quantitative estimate of drug-likeness (QED) is 0.934. The van der Waals surface area contributed by atoms with E-state index < -0.39 is 0 Å². The Kier molecular flexibility index (Phi) is 4.35. The summed E-state index contributed by atoms with van der Waals surface area (Å²) in [7, 11) is 5.63. The molecule has 0 aromatic heterocycles. The normalized spacial score (nSPS) is 13.1. The van der Waals surface area contributed by atoms with Crippen LogP contribution in [0.2, 0.25) is 0 Å². The smallest absolute Gasteiger partial charge is 0.264 e. The highest BCUT2D eigenvalue weighted by Gasteiger charge is 2.22. The molecule has 0 saturated carbocycles. The molecule has 0 unspecified atom stereocenters. The van der Waals surface area contributed by atoms with E-state index in [0.717, 1.165) is 11.3 Å². The number of rotatable bonds is 3. The Labute approximate surface area is 147 Å². The molecule has 0 saturated heterocycles. The highest BCUT2D eigenvalue weighted by molar-refractivity contribution is 6.05. The van der Waals surface area contributed by atoms with Gasteiger partial charge in [-0.3, -0.25) is 9.59 Å². The van der Waals surface area contributed by atoms with E-state index in [9.17, 15) is 9.59 Å². The fourth-order valence-electron chi connectivity index (χ4n) is 2.85. The van der Waals surface area contributed by atoms with Crippen molar-refractivity contribution < 1.29 is 14.3 Å². The fraction of sp³-hybridized carbons (Fsp3) is 0.263. The molecule has 1 aliphatic heterocycles. The molecule has 0 atom stereocenters. The van der Waals surface area contributed by atoms with E-state index in [1.54, 1.807) is 31.3 Å². The number of nitrogens with one attached hydrogen (secondary N) is 1. The lowest BCUT2D eigenvalue weighted by Crippen LogP contribution is -2.35. The zero-order chi connectivity index (χ0) is 18.1. The van der Waals surface area contributed by atoms with Gasteiger partial charge in [-0.2, -0.15) is 0 Å². The first-order valence-corrected chi connectivity index (χ1v) is 7.99. The molecule has 6 nitrogen and oxygen atoms in total. The lowest BCUT2D eigenvalue weighted by molar-refractivity contribution is -0.120. The SMILES string of the molecule is Cc1cc(C(=O)Nc2ccc3c(c2)N(C)C(=O)CO3)ccc1N(C)C. The van der Waals surface area contributed by atoms with Gasteiger partial charge in [0.1, 0.15) is 5.75 Å². The fourth-order valence-corrected chi connectivity index (χ4v) is 2.85. The van der Waals surface area contributed by atoms with E-state index in [2.05, 4.69) is 5.32 Å². The topological polar surface area (TPSA) is 61.9 Å². The predicted octanol–water partition coefficient (Wildman–Crippen LogP) is 2.67. The van der Waals surface area contributed by atoms with Crippen LogP contribution in [-0.4, -0.2) is 39.6 Å². The number of aryl methyl sites for hydroxylation is 1. The molecule has 0 bridgehead atoms. The van der Waals surface area contributed by atoms with Gasteiger partial charge in [-0.1, -0.05) is 0 Å². The van der Waals surface area contributed by atoms with Crippen molar-refractivity contribution >= 4 is 28.9 Å². The minimum absolute atomic E-state index is 0.0344. The number of anilines is 3. The molecule has 0 radical (unpaired) electrons. The van der Waals surface area contributed by atoms with Crippen molar-refractivity contribution in [1.82, 2.24) is 0 Å². The number of carbonyl (C=O) groups excluding carboxylic acids is 2. The van der Waals surface area contributed by atoms with E-state index in [-0.39, 0.29) is 18.4 Å². The predicted molar refractivity (Wildman–Crippen MR) is 98.8 cm³/mol. The molecular weight excluding hydrogens is 318 g/mol. The van der Waals surface area contributed by atoms with Gasteiger partial charge < -0.3 is 19.9 Å². The molecule has 2 amide bonds. The van der Waals surface area contributed by atoms with Gasteiger partial charge in [0.05, 0.1) is 5.69 Å². The molecule has 3 rings (SSSR count). The monoisotopic (exact) mass is 339 g/mol. The van der Waals surface area contributed by atoms with Crippen molar-refractivity contribution in [2.45, 2.75) is 6.92 Å². The number of fused-ring (bicyclic) bond motifs is 1. The molecule has 130 valence electrons. The average Bonchev–Trinajstić information content (AvgIpc) is 2.58. The molecule has 0 fully saturated rings. The third kappa shape index (κ3) is 3.28. The van der Waals surface area contributed by atoms with Gasteiger partial charge in [0.2, 0.25) is 0 Å². The van der Waals surface area contributed by atoms with Crippen molar-refractivity contribution in [1.29, 1.82) is 0 Å². The van der Waals surface area contributed by atoms with Crippen molar-refractivity contribution in [2.24, 2.45) is 0 Å². The lowest BCUT2D eigenvalue weighted by Gasteiger charge is -2.26. The number of nitrogens with zero attached hydrogens (tertiary/aromatic N) is 2. The maximum atomic E-state index is 12.5. The van der Waals surface area contributed by atoms with Crippen LogP contribution >= 0.6 is 0 Å². The second kappa shape index (κ2) is 6.47. The molecule has 0 aliphatic carbocycles. The summed E-state index contributed by atoms with van der Waals surface area (Å²) in [4.78, 5) is 27.8. The van der Waals surface area contributed by atoms with E-state index >= 15 is 0 Å². The van der Waals surface area contributed by atoms with Crippen LogP contribution in [-0.2, 0) is 4.79 Å².